The predicted molar refractivity (Wildman–Crippen MR) is 136 cm³/mol. The van der Waals surface area contributed by atoms with Crippen LogP contribution in [0, 0.1) is 6.92 Å². The molecule has 0 aliphatic carbocycles. The van der Waals surface area contributed by atoms with Crippen molar-refractivity contribution >= 4 is 40.4 Å². The summed E-state index contributed by atoms with van der Waals surface area (Å²) in [5.41, 5.74) is 1.97. The van der Waals surface area contributed by atoms with Crippen LogP contribution in [0.1, 0.15) is 22.7 Å². The zero-order valence-corrected chi connectivity index (χ0v) is 20.8. The molecule has 1 amide bonds. The number of aryl methyl sites for hydroxylation is 1. The number of aromatic nitrogens is 1. The zero-order valence-electron chi connectivity index (χ0n) is 18.5. The van der Waals surface area contributed by atoms with Gasteiger partial charge in [0.15, 0.2) is 0 Å². The fourth-order valence-electron chi connectivity index (χ4n) is 3.97. The average molecular weight is 504 g/mol. The van der Waals surface area contributed by atoms with Crippen molar-refractivity contribution in [2.24, 2.45) is 0 Å². The molecule has 0 atom stereocenters. The number of piperidine rings is 1. The van der Waals surface area contributed by atoms with Crippen LogP contribution in [0.15, 0.2) is 48.5 Å². The van der Waals surface area contributed by atoms with Crippen molar-refractivity contribution < 1.29 is 9.53 Å². The Labute approximate surface area is 208 Å². The highest BCUT2D eigenvalue weighted by Crippen LogP contribution is 2.29. The van der Waals surface area contributed by atoms with Crippen LogP contribution >= 0.6 is 34.5 Å². The third-order valence-electron chi connectivity index (χ3n) is 5.65. The smallest absolute Gasteiger partial charge is 0.225 e. The Morgan fingerprint density at radius 3 is 2.64 bits per heavy atom. The van der Waals surface area contributed by atoms with Crippen LogP contribution in [-0.2, 0) is 11.2 Å². The van der Waals surface area contributed by atoms with Crippen LogP contribution in [0.4, 0.5) is 0 Å². The summed E-state index contributed by atoms with van der Waals surface area (Å²) in [6.07, 6.45) is 2.40. The van der Waals surface area contributed by atoms with E-state index in [0.717, 1.165) is 59.4 Å². The standard InChI is InChI=1S/C25H27Cl2N3O2S/c1-17-29-25(18-5-3-2-4-6-18)23(33-17)16-24(31)28-11-14-30-12-9-19(10-13-30)32-20-7-8-21(26)22(27)15-20/h2-8,15,19H,9-14,16H2,1H3,(H,28,31). The number of ether oxygens (including phenoxy) is 1. The van der Waals surface area contributed by atoms with Crippen LogP contribution in [-0.4, -0.2) is 48.1 Å². The Bertz CT molecular complexity index is 1080. The van der Waals surface area contributed by atoms with Gasteiger partial charge in [-0.05, 0) is 31.9 Å². The summed E-state index contributed by atoms with van der Waals surface area (Å²) >= 11 is 13.6. The number of thiazole rings is 1. The van der Waals surface area contributed by atoms with Crippen molar-refractivity contribution in [1.29, 1.82) is 0 Å². The molecule has 0 spiro atoms. The second kappa shape index (κ2) is 11.3. The number of likely N-dealkylation sites (tertiary alicyclic amines) is 1. The molecule has 0 saturated carbocycles. The molecule has 3 aromatic rings. The normalized spacial score (nSPS) is 14.9. The van der Waals surface area contributed by atoms with Gasteiger partial charge < -0.3 is 15.0 Å². The van der Waals surface area contributed by atoms with Gasteiger partial charge in [-0.2, -0.15) is 0 Å². The molecular formula is C25H27Cl2N3O2S. The first-order chi connectivity index (χ1) is 16.0. The van der Waals surface area contributed by atoms with Crippen LogP contribution in [0.3, 0.4) is 0 Å². The van der Waals surface area contributed by atoms with Crippen molar-refractivity contribution in [3.05, 3.63) is 68.5 Å². The van der Waals surface area contributed by atoms with E-state index in [-0.39, 0.29) is 12.0 Å². The summed E-state index contributed by atoms with van der Waals surface area (Å²) < 4.78 is 6.05. The van der Waals surface area contributed by atoms with Gasteiger partial charge in [-0.15, -0.1) is 11.3 Å². The summed E-state index contributed by atoms with van der Waals surface area (Å²) in [6.45, 7) is 5.32. The summed E-state index contributed by atoms with van der Waals surface area (Å²) in [4.78, 5) is 20.6. The van der Waals surface area contributed by atoms with Gasteiger partial charge in [-0.3, -0.25) is 4.79 Å². The van der Waals surface area contributed by atoms with Gasteiger partial charge in [0.05, 0.1) is 27.2 Å². The molecule has 174 valence electrons. The molecule has 1 fully saturated rings. The van der Waals surface area contributed by atoms with Gasteiger partial charge >= 0.3 is 0 Å². The fourth-order valence-corrected chi connectivity index (χ4v) is 5.21. The highest BCUT2D eigenvalue weighted by Gasteiger charge is 2.21. The third-order valence-corrected chi connectivity index (χ3v) is 7.36. The lowest BCUT2D eigenvalue weighted by molar-refractivity contribution is -0.120. The summed E-state index contributed by atoms with van der Waals surface area (Å²) in [5.74, 6) is 0.789. The lowest BCUT2D eigenvalue weighted by atomic mass is 10.1. The summed E-state index contributed by atoms with van der Waals surface area (Å²) in [5, 5.41) is 5.08. The van der Waals surface area contributed by atoms with Crippen LogP contribution in [0.25, 0.3) is 11.3 Å². The van der Waals surface area contributed by atoms with Crippen LogP contribution in [0.2, 0.25) is 10.0 Å². The lowest BCUT2D eigenvalue weighted by Gasteiger charge is -2.32. The summed E-state index contributed by atoms with van der Waals surface area (Å²) in [7, 11) is 0. The molecular weight excluding hydrogens is 477 g/mol. The minimum absolute atomic E-state index is 0.0358. The minimum atomic E-state index is 0.0358. The quantitative estimate of drug-likeness (QED) is 0.432. The maximum atomic E-state index is 12.6. The highest BCUT2D eigenvalue weighted by atomic mass is 35.5. The van der Waals surface area contributed by atoms with E-state index in [1.807, 2.05) is 43.3 Å². The molecule has 2 heterocycles. The number of halogens is 2. The fraction of sp³-hybridized carbons (Fsp3) is 0.360. The van der Waals surface area contributed by atoms with E-state index >= 15 is 0 Å². The molecule has 33 heavy (non-hydrogen) atoms. The molecule has 1 saturated heterocycles. The third kappa shape index (κ3) is 6.70. The van der Waals surface area contributed by atoms with E-state index in [0.29, 0.717) is 23.0 Å². The second-order valence-corrected chi connectivity index (χ2v) is 10.2. The van der Waals surface area contributed by atoms with Crippen LogP contribution in [0.5, 0.6) is 5.75 Å². The average Bonchev–Trinajstić information content (AvgIpc) is 3.18. The maximum absolute atomic E-state index is 12.6. The number of rotatable bonds is 8. The first-order valence-corrected chi connectivity index (χ1v) is 12.7. The number of hydrogen-bond acceptors (Lipinski definition) is 5. The molecule has 0 bridgehead atoms. The van der Waals surface area contributed by atoms with Gasteiger partial charge in [-0.25, -0.2) is 4.98 Å². The Hall–Kier alpha value is -2.12. The van der Waals surface area contributed by atoms with Crippen molar-refractivity contribution in [2.45, 2.75) is 32.3 Å². The van der Waals surface area contributed by atoms with E-state index in [1.165, 1.54) is 0 Å². The lowest BCUT2D eigenvalue weighted by Crippen LogP contribution is -2.42. The molecule has 0 radical (unpaired) electrons. The van der Waals surface area contributed by atoms with E-state index in [1.54, 1.807) is 23.5 Å². The Morgan fingerprint density at radius 2 is 1.91 bits per heavy atom. The van der Waals surface area contributed by atoms with E-state index in [2.05, 4.69) is 15.2 Å². The maximum Gasteiger partial charge on any atom is 0.225 e. The van der Waals surface area contributed by atoms with Crippen molar-refractivity contribution in [3.63, 3.8) is 0 Å². The topological polar surface area (TPSA) is 54.5 Å². The molecule has 1 aliphatic rings. The molecule has 8 heteroatoms. The molecule has 5 nitrogen and oxygen atoms in total. The minimum Gasteiger partial charge on any atom is -0.490 e. The highest BCUT2D eigenvalue weighted by molar-refractivity contribution is 7.12. The molecule has 1 N–H and O–H groups in total. The van der Waals surface area contributed by atoms with Gasteiger partial charge in [0.2, 0.25) is 5.91 Å². The molecule has 0 unspecified atom stereocenters. The van der Waals surface area contributed by atoms with Gasteiger partial charge in [0.1, 0.15) is 11.9 Å². The predicted octanol–water partition coefficient (Wildman–Crippen LogP) is 5.63. The monoisotopic (exact) mass is 503 g/mol. The molecule has 4 rings (SSSR count). The number of benzene rings is 2. The van der Waals surface area contributed by atoms with Crippen LogP contribution < -0.4 is 10.1 Å². The van der Waals surface area contributed by atoms with E-state index < -0.39 is 0 Å². The van der Waals surface area contributed by atoms with E-state index in [9.17, 15) is 4.79 Å². The number of carbonyl (C=O) groups is 1. The first-order valence-electron chi connectivity index (χ1n) is 11.1. The molecule has 2 aromatic carbocycles. The van der Waals surface area contributed by atoms with E-state index in [4.69, 9.17) is 27.9 Å². The van der Waals surface area contributed by atoms with Crippen molar-refractivity contribution in [3.8, 4) is 17.0 Å². The number of nitrogens with zero attached hydrogens (tertiary/aromatic N) is 2. The van der Waals surface area contributed by atoms with Gasteiger partial charge in [0, 0.05) is 42.7 Å². The Kier molecular flexibility index (Phi) is 8.25. The van der Waals surface area contributed by atoms with Crippen molar-refractivity contribution in [2.75, 3.05) is 26.2 Å². The van der Waals surface area contributed by atoms with Gasteiger partial charge in [-0.1, -0.05) is 53.5 Å². The van der Waals surface area contributed by atoms with Gasteiger partial charge in [0.25, 0.3) is 0 Å². The number of hydrogen-bond donors (Lipinski definition) is 1. The van der Waals surface area contributed by atoms with Crippen molar-refractivity contribution in [1.82, 2.24) is 15.2 Å². The number of carbonyl (C=O) groups excluding carboxylic acids is 1. The molecule has 1 aliphatic heterocycles. The number of nitrogens with one attached hydrogen (secondary N) is 1. The largest absolute Gasteiger partial charge is 0.490 e. The zero-order chi connectivity index (χ0) is 23.2. The number of amides is 1. The molecule has 1 aromatic heterocycles. The summed E-state index contributed by atoms with van der Waals surface area (Å²) in [6, 6.07) is 15.4. The SMILES string of the molecule is Cc1nc(-c2ccccc2)c(CC(=O)NCCN2CCC(Oc3ccc(Cl)c(Cl)c3)CC2)s1. The Balaban J connectivity index is 1.19. The first kappa shape index (κ1) is 24.0. The Morgan fingerprint density at radius 1 is 1.15 bits per heavy atom. The second-order valence-electron chi connectivity index (χ2n) is 8.13.